The van der Waals surface area contributed by atoms with E-state index >= 15 is 0 Å². The fourth-order valence-electron chi connectivity index (χ4n) is 6.83. The van der Waals surface area contributed by atoms with E-state index in [1.54, 1.807) is 23.1 Å². The van der Waals surface area contributed by atoms with Crippen molar-refractivity contribution >= 4 is 41.0 Å². The molecule has 2 amide bonds. The highest BCUT2D eigenvalue weighted by molar-refractivity contribution is 7.99. The third-order valence-corrected chi connectivity index (χ3v) is 9.03. The number of hydrogen-bond acceptors (Lipinski definition) is 6. The van der Waals surface area contributed by atoms with E-state index in [2.05, 4.69) is 35.6 Å². The summed E-state index contributed by atoms with van der Waals surface area (Å²) in [5.41, 5.74) is 0.799. The molecular weight excluding hydrogens is 525 g/mol. The minimum Gasteiger partial charge on any atom is -0.353 e. The van der Waals surface area contributed by atoms with Crippen molar-refractivity contribution < 1.29 is 14.0 Å². The predicted octanol–water partition coefficient (Wildman–Crippen LogP) is 5.14. The molecule has 10 heteroatoms. The summed E-state index contributed by atoms with van der Waals surface area (Å²) in [6.07, 6.45) is 3.27. The molecule has 2 aromatic rings. The van der Waals surface area contributed by atoms with E-state index in [0.717, 1.165) is 25.8 Å². The summed E-state index contributed by atoms with van der Waals surface area (Å²) in [7, 11) is 0. The van der Waals surface area contributed by atoms with Crippen LogP contribution in [0.25, 0.3) is 0 Å². The molecule has 204 valence electrons. The third kappa shape index (κ3) is 5.78. The van der Waals surface area contributed by atoms with E-state index in [0.29, 0.717) is 47.4 Å². The van der Waals surface area contributed by atoms with Gasteiger partial charge in [-0.15, -0.1) is 0 Å². The molecule has 7 nitrogen and oxygen atoms in total. The zero-order valence-electron chi connectivity index (χ0n) is 22.4. The SMILES string of the molecule is CC1CN(c2cc(Cl)nc(SCC(=O)N3CC4(C)CC3CC(C)(C)C4)n2)CCN1C(=O)c1cccc(F)c1. The number of piperazine rings is 1. The summed E-state index contributed by atoms with van der Waals surface area (Å²) in [6, 6.07) is 7.70. The lowest BCUT2D eigenvalue weighted by Gasteiger charge is -2.40. The Morgan fingerprint density at radius 2 is 1.92 bits per heavy atom. The van der Waals surface area contributed by atoms with Gasteiger partial charge >= 0.3 is 0 Å². The van der Waals surface area contributed by atoms with Gasteiger partial charge in [0.25, 0.3) is 5.91 Å². The Kier molecular flexibility index (Phi) is 7.37. The Balaban J connectivity index is 1.21. The van der Waals surface area contributed by atoms with Gasteiger partial charge in [-0.2, -0.15) is 0 Å². The number of aromatic nitrogens is 2. The first-order valence-electron chi connectivity index (χ1n) is 13.2. The highest BCUT2D eigenvalue weighted by Crippen LogP contribution is 2.52. The highest BCUT2D eigenvalue weighted by atomic mass is 35.5. The first-order chi connectivity index (χ1) is 17.9. The van der Waals surface area contributed by atoms with Crippen molar-refractivity contribution in [1.29, 1.82) is 0 Å². The number of carbonyl (C=O) groups excluding carboxylic acids is 2. The van der Waals surface area contributed by atoms with Crippen LogP contribution in [-0.4, -0.2) is 75.6 Å². The molecule has 5 rings (SSSR count). The third-order valence-electron chi connectivity index (χ3n) is 8.00. The predicted molar refractivity (Wildman–Crippen MR) is 148 cm³/mol. The molecule has 2 bridgehead atoms. The van der Waals surface area contributed by atoms with E-state index in [4.69, 9.17) is 16.6 Å². The van der Waals surface area contributed by atoms with Gasteiger partial charge < -0.3 is 14.7 Å². The second-order valence-corrected chi connectivity index (χ2v) is 13.5. The number of halogens is 2. The molecule has 3 unspecified atom stereocenters. The van der Waals surface area contributed by atoms with Crippen LogP contribution in [0.4, 0.5) is 10.2 Å². The molecule has 0 spiro atoms. The summed E-state index contributed by atoms with van der Waals surface area (Å²) in [5, 5.41) is 0.794. The lowest BCUT2D eigenvalue weighted by molar-refractivity contribution is -0.129. The number of carbonyl (C=O) groups is 2. The number of hydrogen-bond donors (Lipinski definition) is 0. The smallest absolute Gasteiger partial charge is 0.254 e. The topological polar surface area (TPSA) is 69.6 Å². The maximum atomic E-state index is 13.6. The molecule has 0 radical (unpaired) electrons. The van der Waals surface area contributed by atoms with E-state index in [-0.39, 0.29) is 34.4 Å². The zero-order valence-corrected chi connectivity index (χ0v) is 24.0. The lowest BCUT2D eigenvalue weighted by atomic mass is 9.65. The van der Waals surface area contributed by atoms with Crippen molar-refractivity contribution in [2.24, 2.45) is 10.8 Å². The molecule has 3 aliphatic rings. The van der Waals surface area contributed by atoms with Gasteiger partial charge in [-0.25, -0.2) is 14.4 Å². The molecule has 2 aliphatic heterocycles. The summed E-state index contributed by atoms with van der Waals surface area (Å²) in [5.74, 6) is 0.475. The van der Waals surface area contributed by atoms with Crippen LogP contribution in [0.3, 0.4) is 0 Å². The number of anilines is 1. The monoisotopic (exact) mass is 559 g/mol. The van der Waals surface area contributed by atoms with Crippen LogP contribution in [0.15, 0.2) is 35.5 Å². The Bertz CT molecular complexity index is 1250. The molecule has 3 atom stereocenters. The summed E-state index contributed by atoms with van der Waals surface area (Å²) in [6.45, 7) is 11.3. The molecule has 3 heterocycles. The average Bonchev–Trinajstić information content (AvgIpc) is 3.10. The first kappa shape index (κ1) is 27.2. The minimum absolute atomic E-state index is 0.105. The number of benzene rings is 1. The summed E-state index contributed by atoms with van der Waals surface area (Å²) in [4.78, 5) is 41.1. The Hall–Kier alpha value is -2.39. The van der Waals surface area contributed by atoms with Gasteiger partial charge in [0.05, 0.1) is 5.75 Å². The molecule has 1 aromatic heterocycles. The molecule has 38 heavy (non-hydrogen) atoms. The lowest BCUT2D eigenvalue weighted by Crippen LogP contribution is -2.54. The average molecular weight is 560 g/mol. The second-order valence-electron chi connectivity index (χ2n) is 12.2. The number of fused-ring (bicyclic) bond motifs is 2. The second kappa shape index (κ2) is 10.3. The van der Waals surface area contributed by atoms with Crippen molar-refractivity contribution in [2.75, 3.05) is 36.8 Å². The number of thioether (sulfide) groups is 1. The fraction of sp³-hybridized carbons (Fsp3) is 0.571. The molecule has 0 N–H and O–H groups in total. The summed E-state index contributed by atoms with van der Waals surface area (Å²) < 4.78 is 13.6. The standard InChI is InChI=1S/C28H35ClFN5O2S/c1-18-14-33(8-9-34(18)25(37)19-6-5-7-20(30)10-19)23-11-22(29)31-26(32-23)38-15-24(36)35-17-28(4)13-21(35)12-27(2,3)16-28/h5-7,10-11,18,21H,8-9,12-17H2,1-4H3. The quantitative estimate of drug-likeness (QED) is 0.287. The van der Waals surface area contributed by atoms with Crippen molar-refractivity contribution in [3.63, 3.8) is 0 Å². The highest BCUT2D eigenvalue weighted by Gasteiger charge is 2.50. The minimum atomic E-state index is -0.424. The maximum absolute atomic E-state index is 13.6. The zero-order chi connectivity index (χ0) is 27.2. The van der Waals surface area contributed by atoms with Crippen LogP contribution >= 0.6 is 23.4 Å². The first-order valence-corrected chi connectivity index (χ1v) is 14.6. The number of rotatable bonds is 5. The Labute approximate surface area is 233 Å². The van der Waals surface area contributed by atoms with Crippen molar-refractivity contribution in [2.45, 2.75) is 64.2 Å². The van der Waals surface area contributed by atoms with Gasteiger partial charge in [0.15, 0.2) is 5.16 Å². The number of likely N-dealkylation sites (tertiary alicyclic amines) is 1. The van der Waals surface area contributed by atoms with E-state index < -0.39 is 5.82 Å². The molecular formula is C28H35ClFN5O2S. The van der Waals surface area contributed by atoms with Crippen LogP contribution in [-0.2, 0) is 4.79 Å². The van der Waals surface area contributed by atoms with Crippen LogP contribution in [0, 0.1) is 16.6 Å². The van der Waals surface area contributed by atoms with Crippen molar-refractivity contribution in [3.05, 3.63) is 46.9 Å². The van der Waals surface area contributed by atoms with E-state index in [9.17, 15) is 14.0 Å². The molecule has 2 saturated heterocycles. The van der Waals surface area contributed by atoms with E-state index in [1.165, 1.54) is 23.9 Å². The molecule has 1 aromatic carbocycles. The van der Waals surface area contributed by atoms with Gasteiger partial charge in [-0.3, -0.25) is 9.59 Å². The van der Waals surface area contributed by atoms with Gasteiger partial charge in [0, 0.05) is 49.9 Å². The number of nitrogens with zero attached hydrogens (tertiary/aromatic N) is 5. The van der Waals surface area contributed by atoms with Crippen molar-refractivity contribution in [1.82, 2.24) is 19.8 Å². The van der Waals surface area contributed by atoms with Gasteiger partial charge in [-0.05, 0) is 55.2 Å². The van der Waals surface area contributed by atoms with Crippen LogP contribution in [0.5, 0.6) is 0 Å². The maximum Gasteiger partial charge on any atom is 0.254 e. The van der Waals surface area contributed by atoms with E-state index in [1.807, 2.05) is 6.92 Å². The van der Waals surface area contributed by atoms with Crippen LogP contribution in [0.1, 0.15) is 57.3 Å². The van der Waals surface area contributed by atoms with Crippen LogP contribution in [0.2, 0.25) is 5.15 Å². The summed E-state index contributed by atoms with van der Waals surface area (Å²) >= 11 is 7.68. The van der Waals surface area contributed by atoms with Crippen molar-refractivity contribution in [3.8, 4) is 0 Å². The Morgan fingerprint density at radius 1 is 1.13 bits per heavy atom. The van der Waals surface area contributed by atoms with Gasteiger partial charge in [0.1, 0.15) is 16.8 Å². The molecule has 1 aliphatic carbocycles. The largest absolute Gasteiger partial charge is 0.353 e. The normalized spacial score (nSPS) is 26.5. The Morgan fingerprint density at radius 3 is 2.66 bits per heavy atom. The van der Waals surface area contributed by atoms with Crippen LogP contribution < -0.4 is 4.90 Å². The molecule has 3 fully saturated rings. The molecule has 1 saturated carbocycles. The van der Waals surface area contributed by atoms with Gasteiger partial charge in [-0.1, -0.05) is 50.2 Å². The number of amides is 2. The van der Waals surface area contributed by atoms with Gasteiger partial charge in [0.2, 0.25) is 5.91 Å². The fourth-order valence-corrected chi connectivity index (χ4v) is 7.79.